The van der Waals surface area contributed by atoms with Gasteiger partial charge in [-0.15, -0.1) is 0 Å². The standard InChI is InChI=1S/C14H18BrClN2/c15-13-9-11(16)3-4-12(13)14(10-1-2-10)18-7-5-17-6-8-18/h3-4,9-10,14,17H,1-2,5-8H2/t14-/m0/s1. The maximum absolute atomic E-state index is 6.05. The van der Waals surface area contributed by atoms with Crippen LogP contribution < -0.4 is 5.32 Å². The number of hydrogen-bond acceptors (Lipinski definition) is 2. The average Bonchev–Trinajstić information content (AvgIpc) is 3.18. The fourth-order valence-corrected chi connectivity index (χ4v) is 3.78. The fourth-order valence-electron chi connectivity index (χ4n) is 2.86. The molecule has 4 heteroatoms. The van der Waals surface area contributed by atoms with E-state index >= 15 is 0 Å². The first-order valence-corrected chi connectivity index (χ1v) is 7.82. The van der Waals surface area contributed by atoms with E-state index in [4.69, 9.17) is 11.6 Å². The zero-order chi connectivity index (χ0) is 12.5. The number of nitrogens with zero attached hydrogens (tertiary/aromatic N) is 1. The van der Waals surface area contributed by atoms with Gasteiger partial charge in [-0.1, -0.05) is 33.6 Å². The molecule has 98 valence electrons. The van der Waals surface area contributed by atoms with Gasteiger partial charge >= 0.3 is 0 Å². The Kier molecular flexibility index (Phi) is 3.94. The summed E-state index contributed by atoms with van der Waals surface area (Å²) in [7, 11) is 0. The second-order valence-corrected chi connectivity index (χ2v) is 6.52. The van der Waals surface area contributed by atoms with Crippen molar-refractivity contribution in [3.05, 3.63) is 33.3 Å². The highest BCUT2D eigenvalue weighted by molar-refractivity contribution is 9.10. The second-order valence-electron chi connectivity index (χ2n) is 5.23. The quantitative estimate of drug-likeness (QED) is 0.913. The summed E-state index contributed by atoms with van der Waals surface area (Å²) < 4.78 is 1.16. The van der Waals surface area contributed by atoms with Crippen molar-refractivity contribution < 1.29 is 0 Å². The van der Waals surface area contributed by atoms with E-state index in [0.29, 0.717) is 6.04 Å². The Morgan fingerprint density at radius 1 is 1.28 bits per heavy atom. The fraction of sp³-hybridized carbons (Fsp3) is 0.571. The third kappa shape index (κ3) is 2.74. The van der Waals surface area contributed by atoms with Gasteiger partial charge in [0.25, 0.3) is 0 Å². The molecule has 1 saturated carbocycles. The average molecular weight is 330 g/mol. The molecular formula is C14H18BrClN2. The summed E-state index contributed by atoms with van der Waals surface area (Å²) in [6.07, 6.45) is 2.73. The highest BCUT2D eigenvalue weighted by Crippen LogP contribution is 2.46. The van der Waals surface area contributed by atoms with Gasteiger partial charge in [0.2, 0.25) is 0 Å². The normalized spacial score (nSPS) is 23.0. The van der Waals surface area contributed by atoms with Crippen LogP contribution >= 0.6 is 27.5 Å². The molecule has 3 rings (SSSR count). The van der Waals surface area contributed by atoms with Crippen LogP contribution in [0, 0.1) is 5.92 Å². The molecule has 1 aliphatic carbocycles. The van der Waals surface area contributed by atoms with Crippen LogP contribution in [0.15, 0.2) is 22.7 Å². The Morgan fingerprint density at radius 3 is 2.61 bits per heavy atom. The molecule has 2 aliphatic rings. The van der Waals surface area contributed by atoms with E-state index in [-0.39, 0.29) is 0 Å². The van der Waals surface area contributed by atoms with Gasteiger partial charge in [0.05, 0.1) is 0 Å². The lowest BCUT2D eigenvalue weighted by atomic mass is 10.00. The second kappa shape index (κ2) is 5.49. The minimum atomic E-state index is 0.568. The van der Waals surface area contributed by atoms with E-state index in [0.717, 1.165) is 41.6 Å². The van der Waals surface area contributed by atoms with Crippen LogP contribution in [0.1, 0.15) is 24.4 Å². The minimum Gasteiger partial charge on any atom is -0.314 e. The molecule has 1 N–H and O–H groups in total. The summed E-state index contributed by atoms with van der Waals surface area (Å²) in [5.41, 5.74) is 1.41. The van der Waals surface area contributed by atoms with Gasteiger partial charge in [-0.2, -0.15) is 0 Å². The SMILES string of the molecule is Clc1ccc([C@H](C2CC2)N2CCNCC2)c(Br)c1. The van der Waals surface area contributed by atoms with Gasteiger partial charge in [-0.3, -0.25) is 4.90 Å². The van der Waals surface area contributed by atoms with Crippen LogP contribution in [-0.4, -0.2) is 31.1 Å². The first-order chi connectivity index (χ1) is 8.75. The zero-order valence-electron chi connectivity index (χ0n) is 10.3. The maximum Gasteiger partial charge on any atom is 0.0417 e. The lowest BCUT2D eigenvalue weighted by Gasteiger charge is -2.36. The molecule has 1 atom stereocenters. The molecule has 1 aromatic carbocycles. The smallest absolute Gasteiger partial charge is 0.0417 e. The van der Waals surface area contributed by atoms with E-state index in [9.17, 15) is 0 Å². The summed E-state index contributed by atoms with van der Waals surface area (Å²) >= 11 is 9.73. The van der Waals surface area contributed by atoms with Crippen LogP contribution in [0.3, 0.4) is 0 Å². The molecule has 1 aliphatic heterocycles. The predicted molar refractivity (Wildman–Crippen MR) is 79.1 cm³/mol. The molecular weight excluding hydrogens is 312 g/mol. The van der Waals surface area contributed by atoms with Crippen molar-refractivity contribution in [2.75, 3.05) is 26.2 Å². The van der Waals surface area contributed by atoms with E-state index in [1.807, 2.05) is 12.1 Å². The van der Waals surface area contributed by atoms with Crippen molar-refractivity contribution in [1.82, 2.24) is 10.2 Å². The molecule has 18 heavy (non-hydrogen) atoms. The molecule has 0 amide bonds. The van der Waals surface area contributed by atoms with Crippen LogP contribution in [0.4, 0.5) is 0 Å². The number of halogens is 2. The Balaban J connectivity index is 1.88. The molecule has 2 fully saturated rings. The molecule has 1 aromatic rings. The third-order valence-electron chi connectivity index (χ3n) is 3.89. The van der Waals surface area contributed by atoms with Gasteiger partial charge in [-0.25, -0.2) is 0 Å². The highest BCUT2D eigenvalue weighted by Gasteiger charge is 2.37. The van der Waals surface area contributed by atoms with Crippen molar-refractivity contribution in [2.24, 2.45) is 5.92 Å². The van der Waals surface area contributed by atoms with Gasteiger partial charge < -0.3 is 5.32 Å². The van der Waals surface area contributed by atoms with Crippen LogP contribution in [0.2, 0.25) is 5.02 Å². The monoisotopic (exact) mass is 328 g/mol. The van der Waals surface area contributed by atoms with Gasteiger partial charge in [0.15, 0.2) is 0 Å². The van der Waals surface area contributed by atoms with Gasteiger partial charge in [0, 0.05) is 41.7 Å². The maximum atomic E-state index is 6.05. The molecule has 0 unspecified atom stereocenters. The first-order valence-electron chi connectivity index (χ1n) is 6.65. The number of piperazine rings is 1. The Labute approximate surface area is 122 Å². The van der Waals surface area contributed by atoms with Crippen LogP contribution in [0.5, 0.6) is 0 Å². The summed E-state index contributed by atoms with van der Waals surface area (Å²) in [5.74, 6) is 0.834. The summed E-state index contributed by atoms with van der Waals surface area (Å²) in [6, 6.07) is 6.80. The van der Waals surface area contributed by atoms with Crippen molar-refractivity contribution in [3.8, 4) is 0 Å². The van der Waals surface area contributed by atoms with E-state index in [2.05, 4.69) is 32.2 Å². The summed E-state index contributed by atoms with van der Waals surface area (Å²) in [5, 5.41) is 4.24. The Bertz CT molecular complexity index is 428. The Morgan fingerprint density at radius 2 is 2.00 bits per heavy atom. The molecule has 2 nitrogen and oxygen atoms in total. The molecule has 1 heterocycles. The predicted octanol–water partition coefficient (Wildman–Crippen LogP) is 3.46. The van der Waals surface area contributed by atoms with Gasteiger partial charge in [0.1, 0.15) is 0 Å². The molecule has 1 saturated heterocycles. The minimum absolute atomic E-state index is 0.568. The highest BCUT2D eigenvalue weighted by atomic mass is 79.9. The van der Waals surface area contributed by atoms with Crippen LogP contribution in [0.25, 0.3) is 0 Å². The van der Waals surface area contributed by atoms with Gasteiger partial charge in [-0.05, 0) is 36.5 Å². The largest absolute Gasteiger partial charge is 0.314 e. The van der Waals surface area contributed by atoms with Crippen molar-refractivity contribution in [1.29, 1.82) is 0 Å². The Hall–Kier alpha value is -0.0900. The summed E-state index contributed by atoms with van der Waals surface area (Å²) in [6.45, 7) is 4.51. The van der Waals surface area contributed by atoms with Crippen molar-refractivity contribution >= 4 is 27.5 Å². The first kappa shape index (κ1) is 12.9. The molecule has 0 aromatic heterocycles. The third-order valence-corrected chi connectivity index (χ3v) is 4.82. The van der Waals surface area contributed by atoms with Crippen molar-refractivity contribution in [2.45, 2.75) is 18.9 Å². The van der Waals surface area contributed by atoms with Crippen LogP contribution in [-0.2, 0) is 0 Å². The zero-order valence-corrected chi connectivity index (χ0v) is 12.7. The number of rotatable bonds is 3. The van der Waals surface area contributed by atoms with Crippen molar-refractivity contribution in [3.63, 3.8) is 0 Å². The molecule has 0 bridgehead atoms. The van der Waals surface area contributed by atoms with E-state index < -0.39 is 0 Å². The van der Waals surface area contributed by atoms with E-state index in [1.54, 1.807) is 0 Å². The number of benzene rings is 1. The topological polar surface area (TPSA) is 15.3 Å². The lowest BCUT2D eigenvalue weighted by Crippen LogP contribution is -2.45. The molecule has 0 spiro atoms. The lowest BCUT2D eigenvalue weighted by molar-refractivity contribution is 0.155. The van der Waals surface area contributed by atoms with E-state index in [1.165, 1.54) is 18.4 Å². The number of nitrogens with one attached hydrogen (secondary N) is 1. The molecule has 0 radical (unpaired) electrons. The summed E-state index contributed by atoms with van der Waals surface area (Å²) in [4.78, 5) is 2.63. The number of hydrogen-bond donors (Lipinski definition) is 1.